The summed E-state index contributed by atoms with van der Waals surface area (Å²) in [6.45, 7) is 0.0905. The Balaban J connectivity index is 1.87. The van der Waals surface area contributed by atoms with Crippen molar-refractivity contribution in [1.82, 2.24) is 10.6 Å². The molecule has 0 spiro atoms. The molecule has 0 aromatic heterocycles. The number of nitrogens with two attached hydrogens (primary N) is 1. The lowest BCUT2D eigenvalue weighted by molar-refractivity contribution is -0.137. The zero-order valence-corrected chi connectivity index (χ0v) is 13.1. The van der Waals surface area contributed by atoms with Gasteiger partial charge in [-0.3, -0.25) is 9.59 Å². The highest BCUT2D eigenvalue weighted by atomic mass is 19.4. The highest BCUT2D eigenvalue weighted by molar-refractivity contribution is 5.96. The standard InChI is InChI=1S/C16H20F3N3O2/c17-16(18,19)12-5-3-11(4-6-12)14(24)21-9-13(23)22-15(10-20)7-1-2-8-15/h3-6H,1-2,7-10,20H2,(H,21,24)(H,22,23). The molecule has 1 aromatic rings. The van der Waals surface area contributed by atoms with E-state index >= 15 is 0 Å². The van der Waals surface area contributed by atoms with E-state index in [9.17, 15) is 22.8 Å². The predicted molar refractivity (Wildman–Crippen MR) is 82.2 cm³/mol. The molecule has 132 valence electrons. The molecular formula is C16H20F3N3O2. The van der Waals surface area contributed by atoms with Crippen LogP contribution in [0.2, 0.25) is 0 Å². The fourth-order valence-electron chi connectivity index (χ4n) is 2.85. The zero-order valence-electron chi connectivity index (χ0n) is 13.1. The molecule has 4 N–H and O–H groups in total. The number of rotatable bonds is 5. The Kier molecular flexibility index (Phi) is 5.48. The van der Waals surface area contributed by atoms with E-state index in [0.29, 0.717) is 6.54 Å². The van der Waals surface area contributed by atoms with Gasteiger partial charge in [0.05, 0.1) is 17.6 Å². The topological polar surface area (TPSA) is 84.2 Å². The van der Waals surface area contributed by atoms with Crippen LogP contribution in [0.1, 0.15) is 41.6 Å². The Morgan fingerprint density at radius 3 is 2.21 bits per heavy atom. The van der Waals surface area contributed by atoms with E-state index in [1.54, 1.807) is 0 Å². The maximum atomic E-state index is 12.5. The summed E-state index contributed by atoms with van der Waals surface area (Å²) in [5.74, 6) is -0.963. The van der Waals surface area contributed by atoms with Gasteiger partial charge in [-0.2, -0.15) is 13.2 Å². The van der Waals surface area contributed by atoms with Gasteiger partial charge in [0.2, 0.25) is 5.91 Å². The lowest BCUT2D eigenvalue weighted by atomic mass is 9.98. The van der Waals surface area contributed by atoms with Crippen molar-refractivity contribution >= 4 is 11.8 Å². The van der Waals surface area contributed by atoms with Gasteiger partial charge in [0, 0.05) is 12.1 Å². The van der Waals surface area contributed by atoms with Crippen molar-refractivity contribution in [2.75, 3.05) is 13.1 Å². The zero-order chi connectivity index (χ0) is 17.8. The van der Waals surface area contributed by atoms with Gasteiger partial charge in [0.25, 0.3) is 5.91 Å². The number of hydrogen-bond acceptors (Lipinski definition) is 3. The Bertz CT molecular complexity index is 594. The predicted octanol–water partition coefficient (Wildman–Crippen LogP) is 1.82. The lowest BCUT2D eigenvalue weighted by Gasteiger charge is -2.28. The molecule has 5 nitrogen and oxygen atoms in total. The van der Waals surface area contributed by atoms with E-state index in [2.05, 4.69) is 10.6 Å². The Morgan fingerprint density at radius 2 is 1.71 bits per heavy atom. The molecular weight excluding hydrogens is 323 g/mol. The van der Waals surface area contributed by atoms with Gasteiger partial charge in [-0.1, -0.05) is 12.8 Å². The smallest absolute Gasteiger partial charge is 0.348 e. The van der Waals surface area contributed by atoms with Crippen molar-refractivity contribution < 1.29 is 22.8 Å². The van der Waals surface area contributed by atoms with Gasteiger partial charge in [-0.05, 0) is 37.1 Å². The largest absolute Gasteiger partial charge is 0.416 e. The third-order valence-corrected chi connectivity index (χ3v) is 4.24. The average molecular weight is 343 g/mol. The molecule has 0 heterocycles. The van der Waals surface area contributed by atoms with Crippen LogP contribution >= 0.6 is 0 Å². The third-order valence-electron chi connectivity index (χ3n) is 4.24. The number of nitrogens with one attached hydrogen (secondary N) is 2. The summed E-state index contributed by atoms with van der Waals surface area (Å²) < 4.78 is 37.4. The first kappa shape index (κ1) is 18.3. The number of alkyl halides is 3. The molecule has 24 heavy (non-hydrogen) atoms. The quantitative estimate of drug-likeness (QED) is 0.762. The molecule has 0 unspecified atom stereocenters. The van der Waals surface area contributed by atoms with Crippen molar-refractivity contribution in [3.63, 3.8) is 0 Å². The summed E-state index contributed by atoms with van der Waals surface area (Å²) in [5, 5.41) is 5.25. The molecule has 2 rings (SSSR count). The fourth-order valence-corrected chi connectivity index (χ4v) is 2.85. The molecule has 1 aromatic carbocycles. The van der Waals surface area contributed by atoms with Crippen LogP contribution in [-0.2, 0) is 11.0 Å². The first-order valence-corrected chi connectivity index (χ1v) is 7.72. The maximum Gasteiger partial charge on any atom is 0.416 e. The van der Waals surface area contributed by atoms with Crippen LogP contribution in [-0.4, -0.2) is 30.4 Å². The van der Waals surface area contributed by atoms with Gasteiger partial charge in [0.15, 0.2) is 0 Å². The summed E-state index contributed by atoms with van der Waals surface area (Å²) in [6.07, 6.45) is -0.846. The van der Waals surface area contributed by atoms with Gasteiger partial charge in [-0.25, -0.2) is 0 Å². The summed E-state index contributed by atoms with van der Waals surface area (Å²) in [4.78, 5) is 23.9. The van der Waals surface area contributed by atoms with Crippen LogP contribution in [0.4, 0.5) is 13.2 Å². The molecule has 0 atom stereocenters. The molecule has 1 aliphatic carbocycles. The monoisotopic (exact) mass is 343 g/mol. The molecule has 1 saturated carbocycles. The molecule has 0 bridgehead atoms. The minimum absolute atomic E-state index is 0.0604. The highest BCUT2D eigenvalue weighted by Crippen LogP contribution is 2.29. The van der Waals surface area contributed by atoms with Crippen LogP contribution < -0.4 is 16.4 Å². The third kappa shape index (κ3) is 4.47. The lowest BCUT2D eigenvalue weighted by Crippen LogP contribution is -2.54. The van der Waals surface area contributed by atoms with E-state index in [0.717, 1.165) is 49.9 Å². The van der Waals surface area contributed by atoms with Crippen molar-refractivity contribution in [3.05, 3.63) is 35.4 Å². The van der Waals surface area contributed by atoms with Crippen LogP contribution in [0.3, 0.4) is 0 Å². The number of amides is 2. The van der Waals surface area contributed by atoms with Gasteiger partial charge in [-0.15, -0.1) is 0 Å². The van der Waals surface area contributed by atoms with Crippen LogP contribution in [0.15, 0.2) is 24.3 Å². The summed E-state index contributed by atoms with van der Waals surface area (Å²) in [5.41, 5.74) is 4.54. The molecule has 0 radical (unpaired) electrons. The number of carbonyl (C=O) groups is 2. The van der Waals surface area contributed by atoms with Crippen molar-refractivity contribution in [3.8, 4) is 0 Å². The van der Waals surface area contributed by atoms with Crippen LogP contribution in [0.25, 0.3) is 0 Å². The van der Waals surface area contributed by atoms with Crippen LogP contribution in [0.5, 0.6) is 0 Å². The molecule has 1 aliphatic rings. The second kappa shape index (κ2) is 7.21. The van der Waals surface area contributed by atoms with E-state index in [1.165, 1.54) is 0 Å². The Hall–Kier alpha value is -2.09. The molecule has 2 amide bonds. The summed E-state index contributed by atoms with van der Waals surface area (Å²) in [7, 11) is 0. The minimum Gasteiger partial charge on any atom is -0.348 e. The van der Waals surface area contributed by atoms with Gasteiger partial charge < -0.3 is 16.4 Å². The summed E-state index contributed by atoms with van der Waals surface area (Å²) in [6, 6.07) is 3.82. The minimum atomic E-state index is -4.45. The first-order valence-electron chi connectivity index (χ1n) is 7.72. The SMILES string of the molecule is NCC1(NC(=O)CNC(=O)c2ccc(C(F)(F)F)cc2)CCCC1. The first-order chi connectivity index (χ1) is 11.3. The fraction of sp³-hybridized carbons (Fsp3) is 0.500. The maximum absolute atomic E-state index is 12.5. The number of hydrogen-bond donors (Lipinski definition) is 3. The van der Waals surface area contributed by atoms with E-state index in [1.807, 2.05) is 0 Å². The van der Waals surface area contributed by atoms with Gasteiger partial charge >= 0.3 is 6.18 Å². The van der Waals surface area contributed by atoms with Crippen molar-refractivity contribution in [2.45, 2.75) is 37.4 Å². The number of halogens is 3. The molecule has 0 saturated heterocycles. The number of benzene rings is 1. The van der Waals surface area contributed by atoms with Gasteiger partial charge in [0.1, 0.15) is 0 Å². The molecule has 0 aliphatic heterocycles. The van der Waals surface area contributed by atoms with Crippen molar-refractivity contribution in [2.24, 2.45) is 5.73 Å². The molecule has 8 heteroatoms. The second-order valence-electron chi connectivity index (χ2n) is 6.00. The van der Waals surface area contributed by atoms with Crippen LogP contribution in [0, 0.1) is 0 Å². The normalized spacial score (nSPS) is 16.7. The Labute approximate surface area is 137 Å². The van der Waals surface area contributed by atoms with Crippen molar-refractivity contribution in [1.29, 1.82) is 0 Å². The van der Waals surface area contributed by atoms with E-state index < -0.39 is 23.2 Å². The average Bonchev–Trinajstić information content (AvgIpc) is 3.01. The summed E-state index contributed by atoms with van der Waals surface area (Å²) >= 11 is 0. The second-order valence-corrected chi connectivity index (χ2v) is 6.00. The number of carbonyl (C=O) groups excluding carboxylic acids is 2. The Morgan fingerprint density at radius 1 is 1.12 bits per heavy atom. The molecule has 1 fully saturated rings. The van der Waals surface area contributed by atoms with E-state index in [4.69, 9.17) is 5.73 Å². The highest BCUT2D eigenvalue weighted by Gasteiger charge is 2.34. The van der Waals surface area contributed by atoms with E-state index in [-0.39, 0.29) is 18.0 Å².